The van der Waals surface area contributed by atoms with Crippen molar-refractivity contribution < 1.29 is 18.7 Å². The molecule has 172 valence electrons. The highest BCUT2D eigenvalue weighted by Gasteiger charge is 2.22. The van der Waals surface area contributed by atoms with Crippen molar-refractivity contribution in [1.82, 2.24) is 15.5 Å². The van der Waals surface area contributed by atoms with Crippen LogP contribution in [0.15, 0.2) is 53.5 Å². The highest BCUT2D eigenvalue weighted by molar-refractivity contribution is 5.85. The number of likely N-dealkylation sites (N-methyl/N-ethyl adjacent to an activating group) is 1. The molecule has 3 rings (SSSR count). The Kier molecular flexibility index (Phi) is 8.30. The fourth-order valence-corrected chi connectivity index (χ4v) is 3.31. The maximum absolute atomic E-state index is 13.5. The number of nitrogens with zero attached hydrogens (tertiary/aromatic N) is 2. The Morgan fingerprint density at radius 3 is 2.84 bits per heavy atom. The second-order valence-electron chi connectivity index (χ2n) is 7.81. The topological polar surface area (TPSA) is 75.2 Å². The molecule has 0 radical (unpaired) electrons. The molecule has 0 saturated carbocycles. The third-order valence-corrected chi connectivity index (χ3v) is 5.19. The molecule has 1 heterocycles. The lowest BCUT2D eigenvalue weighted by Gasteiger charge is -2.28. The number of rotatable bonds is 8. The van der Waals surface area contributed by atoms with E-state index >= 15 is 0 Å². The SMILES string of the molecule is CCC(CNC(=NCC(=O)N(C)C)NC1CCOc2ccccc21)Oc1cccc(F)c1. The average molecular weight is 443 g/mol. The first-order chi connectivity index (χ1) is 15.5. The van der Waals surface area contributed by atoms with Crippen molar-refractivity contribution in [1.29, 1.82) is 0 Å². The molecule has 1 amide bonds. The molecular weight excluding hydrogens is 411 g/mol. The molecule has 7 nitrogen and oxygen atoms in total. The molecule has 2 aromatic carbocycles. The highest BCUT2D eigenvalue weighted by Crippen LogP contribution is 2.31. The second-order valence-corrected chi connectivity index (χ2v) is 7.81. The third-order valence-electron chi connectivity index (χ3n) is 5.19. The third kappa shape index (κ3) is 6.60. The first-order valence-electron chi connectivity index (χ1n) is 10.8. The van der Waals surface area contributed by atoms with Crippen molar-refractivity contribution in [3.63, 3.8) is 0 Å². The lowest BCUT2D eigenvalue weighted by atomic mass is 10.0. The minimum absolute atomic E-state index is 0.00451. The number of carbonyl (C=O) groups excluding carboxylic acids is 1. The summed E-state index contributed by atoms with van der Waals surface area (Å²) in [7, 11) is 3.40. The van der Waals surface area contributed by atoms with Gasteiger partial charge in [-0.1, -0.05) is 31.2 Å². The number of hydrogen-bond acceptors (Lipinski definition) is 4. The van der Waals surface area contributed by atoms with Gasteiger partial charge >= 0.3 is 0 Å². The maximum atomic E-state index is 13.5. The molecule has 0 fully saturated rings. The van der Waals surface area contributed by atoms with E-state index in [1.54, 1.807) is 26.2 Å². The van der Waals surface area contributed by atoms with Crippen molar-refractivity contribution in [2.24, 2.45) is 4.99 Å². The molecule has 0 aromatic heterocycles. The second kappa shape index (κ2) is 11.4. The van der Waals surface area contributed by atoms with Crippen molar-refractivity contribution >= 4 is 11.9 Å². The lowest BCUT2D eigenvalue weighted by Crippen LogP contribution is -2.45. The molecule has 2 atom stereocenters. The van der Waals surface area contributed by atoms with Gasteiger partial charge in [0.25, 0.3) is 0 Å². The van der Waals surface area contributed by atoms with Crippen LogP contribution in [0.25, 0.3) is 0 Å². The van der Waals surface area contributed by atoms with Gasteiger partial charge in [0, 0.05) is 32.1 Å². The number of ether oxygens (including phenoxy) is 2. The van der Waals surface area contributed by atoms with Gasteiger partial charge in [-0.25, -0.2) is 9.38 Å². The van der Waals surface area contributed by atoms with E-state index in [2.05, 4.69) is 15.6 Å². The van der Waals surface area contributed by atoms with Gasteiger partial charge in [-0.3, -0.25) is 4.79 Å². The van der Waals surface area contributed by atoms with Crippen LogP contribution in [0.1, 0.15) is 31.4 Å². The summed E-state index contributed by atoms with van der Waals surface area (Å²) in [4.78, 5) is 18.1. The van der Waals surface area contributed by atoms with E-state index in [-0.39, 0.29) is 30.4 Å². The maximum Gasteiger partial charge on any atom is 0.243 e. The summed E-state index contributed by atoms with van der Waals surface area (Å²) < 4.78 is 25.2. The van der Waals surface area contributed by atoms with E-state index in [9.17, 15) is 9.18 Å². The van der Waals surface area contributed by atoms with Crippen molar-refractivity contribution in [3.05, 3.63) is 59.9 Å². The summed E-state index contributed by atoms with van der Waals surface area (Å²) in [5.74, 6) is 1.41. The van der Waals surface area contributed by atoms with Crippen LogP contribution in [-0.4, -0.2) is 56.7 Å². The number of amides is 1. The van der Waals surface area contributed by atoms with Crippen LogP contribution in [0.2, 0.25) is 0 Å². The normalized spacial score (nSPS) is 16.4. The average Bonchev–Trinajstić information content (AvgIpc) is 2.79. The summed E-state index contributed by atoms with van der Waals surface area (Å²) in [6.07, 6.45) is 1.29. The Balaban J connectivity index is 1.70. The summed E-state index contributed by atoms with van der Waals surface area (Å²) >= 11 is 0. The van der Waals surface area contributed by atoms with Gasteiger partial charge in [-0.2, -0.15) is 0 Å². The van der Waals surface area contributed by atoms with E-state index in [0.29, 0.717) is 31.3 Å². The van der Waals surface area contributed by atoms with Crippen LogP contribution in [0.3, 0.4) is 0 Å². The largest absolute Gasteiger partial charge is 0.493 e. The van der Waals surface area contributed by atoms with Crippen LogP contribution < -0.4 is 20.1 Å². The lowest BCUT2D eigenvalue weighted by molar-refractivity contribution is -0.127. The van der Waals surface area contributed by atoms with Crippen LogP contribution in [0, 0.1) is 5.82 Å². The van der Waals surface area contributed by atoms with E-state index in [1.165, 1.54) is 17.0 Å². The monoisotopic (exact) mass is 442 g/mol. The van der Waals surface area contributed by atoms with Crippen molar-refractivity contribution in [3.8, 4) is 11.5 Å². The van der Waals surface area contributed by atoms with Crippen LogP contribution in [-0.2, 0) is 4.79 Å². The predicted octanol–water partition coefficient (Wildman–Crippen LogP) is 3.13. The molecule has 0 aliphatic carbocycles. The number of aliphatic imine (C=N–C) groups is 1. The van der Waals surface area contributed by atoms with Gasteiger partial charge < -0.3 is 25.0 Å². The number of halogens is 1. The van der Waals surface area contributed by atoms with Gasteiger partial charge in [0.1, 0.15) is 30.0 Å². The molecule has 0 saturated heterocycles. The summed E-state index contributed by atoms with van der Waals surface area (Å²) in [6, 6.07) is 14.0. The fourth-order valence-electron chi connectivity index (χ4n) is 3.31. The van der Waals surface area contributed by atoms with Gasteiger partial charge in [0.2, 0.25) is 5.91 Å². The Hall–Kier alpha value is -3.29. The zero-order chi connectivity index (χ0) is 22.9. The number of para-hydroxylation sites is 1. The molecule has 1 aliphatic rings. The molecule has 2 aromatic rings. The number of nitrogens with one attached hydrogen (secondary N) is 2. The zero-order valence-corrected chi connectivity index (χ0v) is 18.8. The highest BCUT2D eigenvalue weighted by atomic mass is 19.1. The van der Waals surface area contributed by atoms with Gasteiger partial charge in [0.05, 0.1) is 19.2 Å². The van der Waals surface area contributed by atoms with Crippen LogP contribution in [0.5, 0.6) is 11.5 Å². The molecule has 32 heavy (non-hydrogen) atoms. The van der Waals surface area contributed by atoms with Crippen LogP contribution >= 0.6 is 0 Å². The molecule has 2 unspecified atom stereocenters. The zero-order valence-electron chi connectivity index (χ0n) is 18.8. The molecule has 0 bridgehead atoms. The van der Waals surface area contributed by atoms with E-state index in [4.69, 9.17) is 9.47 Å². The summed E-state index contributed by atoms with van der Waals surface area (Å²) in [6.45, 7) is 3.06. The Bertz CT molecular complexity index is 935. The first-order valence-corrected chi connectivity index (χ1v) is 10.8. The van der Waals surface area contributed by atoms with Crippen molar-refractivity contribution in [2.45, 2.75) is 31.9 Å². The molecule has 2 N–H and O–H groups in total. The molecule has 1 aliphatic heterocycles. The molecule has 8 heteroatoms. The Morgan fingerprint density at radius 1 is 1.28 bits per heavy atom. The Labute approximate surface area is 188 Å². The van der Waals surface area contributed by atoms with E-state index < -0.39 is 0 Å². The number of guanidine groups is 1. The quantitative estimate of drug-likeness (QED) is 0.485. The summed E-state index contributed by atoms with van der Waals surface area (Å²) in [5, 5.41) is 6.72. The van der Waals surface area contributed by atoms with E-state index in [0.717, 1.165) is 17.7 Å². The molecular formula is C24H31FN4O3. The number of fused-ring (bicyclic) bond motifs is 1. The summed E-state index contributed by atoms with van der Waals surface area (Å²) in [5.41, 5.74) is 1.05. The predicted molar refractivity (Wildman–Crippen MR) is 123 cm³/mol. The van der Waals surface area contributed by atoms with Crippen molar-refractivity contribution in [2.75, 3.05) is 33.8 Å². The van der Waals surface area contributed by atoms with Crippen LogP contribution in [0.4, 0.5) is 4.39 Å². The first kappa shape index (κ1) is 23.4. The van der Waals surface area contributed by atoms with Gasteiger partial charge in [-0.05, 0) is 24.6 Å². The fraction of sp³-hybridized carbons (Fsp3) is 0.417. The minimum atomic E-state index is -0.338. The number of hydrogen-bond donors (Lipinski definition) is 2. The standard InChI is InChI=1S/C24H31FN4O3/c1-4-18(32-19-9-7-8-17(25)14-19)15-26-24(27-16-23(30)29(2)3)28-21-12-13-31-22-11-6-5-10-20(21)22/h5-11,14,18,21H,4,12-13,15-16H2,1-3H3,(H2,26,27,28). The number of carbonyl (C=O) groups is 1. The minimum Gasteiger partial charge on any atom is -0.493 e. The Morgan fingerprint density at radius 2 is 2.09 bits per heavy atom. The van der Waals surface area contributed by atoms with Gasteiger partial charge in [0.15, 0.2) is 5.96 Å². The van der Waals surface area contributed by atoms with E-state index in [1.807, 2.05) is 31.2 Å². The van der Waals surface area contributed by atoms with Gasteiger partial charge in [-0.15, -0.1) is 0 Å². The smallest absolute Gasteiger partial charge is 0.243 e. The number of benzene rings is 2. The molecule has 0 spiro atoms.